The summed E-state index contributed by atoms with van der Waals surface area (Å²) in [4.78, 5) is 15.8. The third-order valence-corrected chi connectivity index (χ3v) is 3.96. The van der Waals surface area contributed by atoms with Gasteiger partial charge in [0.1, 0.15) is 0 Å². The zero-order valence-electron chi connectivity index (χ0n) is 13.7. The lowest BCUT2D eigenvalue weighted by atomic mass is 10.1. The number of hydrogen-bond acceptors (Lipinski definition) is 4. The molecule has 1 aromatic rings. The molecule has 0 aliphatic carbocycles. The number of rotatable bonds is 6. The first-order valence-electron chi connectivity index (χ1n) is 7.80. The fourth-order valence-electron chi connectivity index (χ4n) is 2.62. The molecule has 5 nitrogen and oxygen atoms in total. The summed E-state index contributed by atoms with van der Waals surface area (Å²) in [6.07, 6.45) is 1.17. The van der Waals surface area contributed by atoms with Crippen molar-refractivity contribution in [3.05, 3.63) is 29.8 Å². The van der Waals surface area contributed by atoms with Crippen molar-refractivity contribution in [3.63, 3.8) is 0 Å². The van der Waals surface area contributed by atoms with Crippen molar-refractivity contribution < 1.29 is 9.90 Å². The second-order valence-electron chi connectivity index (χ2n) is 6.94. The maximum Gasteiger partial charge on any atom is 0.228 e. The fraction of sp³-hybridized carbons (Fsp3) is 0.588. The highest BCUT2D eigenvalue weighted by molar-refractivity contribution is 5.96. The molecule has 1 aliphatic heterocycles. The molecule has 122 valence electrons. The van der Waals surface area contributed by atoms with Gasteiger partial charge in [-0.3, -0.25) is 4.79 Å². The minimum absolute atomic E-state index is 0.0554. The summed E-state index contributed by atoms with van der Waals surface area (Å²) in [5.74, 6) is 0.0996. The van der Waals surface area contributed by atoms with Gasteiger partial charge in [0.25, 0.3) is 0 Å². The summed E-state index contributed by atoms with van der Waals surface area (Å²) in [5, 5.41) is 9.76. The van der Waals surface area contributed by atoms with E-state index in [1.54, 1.807) is 4.90 Å². The number of benzene rings is 1. The zero-order chi connectivity index (χ0) is 16.3. The average Bonchev–Trinajstić information content (AvgIpc) is 2.76. The summed E-state index contributed by atoms with van der Waals surface area (Å²) in [5.41, 5.74) is 7.31. The smallest absolute Gasteiger partial charge is 0.228 e. The summed E-state index contributed by atoms with van der Waals surface area (Å²) in [6, 6.07) is 8.00. The van der Waals surface area contributed by atoms with Crippen molar-refractivity contribution in [2.45, 2.75) is 44.9 Å². The van der Waals surface area contributed by atoms with Gasteiger partial charge in [0.2, 0.25) is 5.91 Å². The van der Waals surface area contributed by atoms with E-state index in [2.05, 4.69) is 4.90 Å². The van der Waals surface area contributed by atoms with E-state index >= 15 is 0 Å². The Kier molecular flexibility index (Phi) is 5.21. The van der Waals surface area contributed by atoms with Crippen molar-refractivity contribution in [1.82, 2.24) is 4.90 Å². The lowest BCUT2D eigenvalue weighted by molar-refractivity contribution is -0.117. The van der Waals surface area contributed by atoms with Gasteiger partial charge in [0.15, 0.2) is 0 Å². The van der Waals surface area contributed by atoms with Crippen molar-refractivity contribution >= 4 is 11.6 Å². The van der Waals surface area contributed by atoms with E-state index < -0.39 is 5.60 Å². The first-order chi connectivity index (χ1) is 10.2. The van der Waals surface area contributed by atoms with E-state index in [9.17, 15) is 9.90 Å². The average molecular weight is 305 g/mol. The molecule has 22 heavy (non-hydrogen) atoms. The van der Waals surface area contributed by atoms with Crippen LogP contribution in [0.2, 0.25) is 0 Å². The van der Waals surface area contributed by atoms with Crippen LogP contribution in [0.4, 0.5) is 5.69 Å². The highest BCUT2D eigenvalue weighted by atomic mass is 16.3. The normalized spacial score (nSPS) is 19.3. The Balaban J connectivity index is 1.90. The number of carbonyl (C=O) groups excluding carboxylic acids is 1. The Morgan fingerprint density at radius 1 is 1.36 bits per heavy atom. The number of anilines is 1. The first kappa shape index (κ1) is 16.9. The Bertz CT molecular complexity index is 508. The zero-order valence-corrected chi connectivity index (χ0v) is 13.7. The number of aliphatic hydroxyl groups is 1. The molecule has 0 spiro atoms. The summed E-state index contributed by atoms with van der Waals surface area (Å²) >= 11 is 0. The first-order valence-corrected chi connectivity index (χ1v) is 7.80. The van der Waals surface area contributed by atoms with Crippen LogP contribution in [0.5, 0.6) is 0 Å². The van der Waals surface area contributed by atoms with Crippen molar-refractivity contribution in [1.29, 1.82) is 0 Å². The molecule has 1 aromatic carbocycles. The van der Waals surface area contributed by atoms with Gasteiger partial charge in [-0.05, 0) is 45.0 Å². The molecule has 0 radical (unpaired) electrons. The van der Waals surface area contributed by atoms with Gasteiger partial charge in [-0.1, -0.05) is 12.1 Å². The molecule has 5 heteroatoms. The quantitative estimate of drug-likeness (QED) is 0.832. The second kappa shape index (κ2) is 6.77. The third kappa shape index (κ3) is 4.80. The third-order valence-electron chi connectivity index (χ3n) is 3.96. The highest BCUT2D eigenvalue weighted by Crippen LogP contribution is 2.21. The van der Waals surface area contributed by atoms with Gasteiger partial charge in [-0.25, -0.2) is 0 Å². The largest absolute Gasteiger partial charge is 0.390 e. The Hall–Kier alpha value is -1.43. The van der Waals surface area contributed by atoms with E-state index in [1.165, 1.54) is 5.56 Å². The number of hydrogen-bond donors (Lipinski definition) is 2. The molecular weight excluding hydrogens is 278 g/mol. The molecule has 1 unspecified atom stereocenters. The van der Waals surface area contributed by atoms with Crippen molar-refractivity contribution in [2.24, 2.45) is 5.73 Å². The summed E-state index contributed by atoms with van der Waals surface area (Å²) in [7, 11) is 2.04. The van der Waals surface area contributed by atoms with Crippen LogP contribution in [0, 0.1) is 0 Å². The van der Waals surface area contributed by atoms with Crippen LogP contribution in [0.1, 0.15) is 32.3 Å². The highest BCUT2D eigenvalue weighted by Gasteiger charge is 2.27. The molecule has 1 heterocycles. The summed E-state index contributed by atoms with van der Waals surface area (Å²) < 4.78 is 0. The molecule has 1 aliphatic rings. The SMILES string of the molecule is CN(CCC(C)(C)O)Cc1ccc(N2CC(N)CC2=O)cc1. The van der Waals surface area contributed by atoms with Crippen LogP contribution in [0.25, 0.3) is 0 Å². The number of nitrogens with zero attached hydrogens (tertiary/aromatic N) is 2. The van der Waals surface area contributed by atoms with E-state index in [-0.39, 0.29) is 11.9 Å². The molecular formula is C17H27N3O2. The Morgan fingerprint density at radius 2 is 2.00 bits per heavy atom. The van der Waals surface area contributed by atoms with Crippen LogP contribution in [0.3, 0.4) is 0 Å². The van der Waals surface area contributed by atoms with Gasteiger partial charge in [0, 0.05) is 37.8 Å². The molecule has 1 fully saturated rings. The van der Waals surface area contributed by atoms with Crippen molar-refractivity contribution in [3.8, 4) is 0 Å². The summed E-state index contributed by atoms with van der Waals surface area (Å²) in [6.45, 7) is 5.92. The van der Waals surface area contributed by atoms with E-state index in [1.807, 2.05) is 45.2 Å². The molecule has 1 atom stereocenters. The molecule has 3 N–H and O–H groups in total. The van der Waals surface area contributed by atoms with Gasteiger partial charge in [0.05, 0.1) is 5.60 Å². The van der Waals surface area contributed by atoms with Crippen LogP contribution in [0.15, 0.2) is 24.3 Å². The lowest BCUT2D eigenvalue weighted by Gasteiger charge is -2.23. The van der Waals surface area contributed by atoms with Crippen molar-refractivity contribution in [2.75, 3.05) is 25.0 Å². The Morgan fingerprint density at radius 3 is 2.50 bits per heavy atom. The van der Waals surface area contributed by atoms with E-state index in [4.69, 9.17) is 5.73 Å². The number of amides is 1. The minimum Gasteiger partial charge on any atom is -0.390 e. The fourth-order valence-corrected chi connectivity index (χ4v) is 2.62. The van der Waals surface area contributed by atoms with E-state index in [0.717, 1.165) is 25.2 Å². The molecule has 1 saturated heterocycles. The van der Waals surface area contributed by atoms with Crippen LogP contribution in [-0.4, -0.2) is 47.7 Å². The minimum atomic E-state index is -0.632. The Labute approximate surface area is 132 Å². The van der Waals surface area contributed by atoms with Gasteiger partial charge in [-0.15, -0.1) is 0 Å². The second-order valence-corrected chi connectivity index (χ2v) is 6.94. The molecule has 2 rings (SSSR count). The molecule has 0 aromatic heterocycles. The predicted octanol–water partition coefficient (Wildman–Crippen LogP) is 1.34. The van der Waals surface area contributed by atoms with Gasteiger partial charge < -0.3 is 20.6 Å². The standard InChI is InChI=1S/C17H27N3O2/c1-17(2,22)8-9-19(3)11-13-4-6-15(7-5-13)20-12-14(18)10-16(20)21/h4-7,14,22H,8-12,18H2,1-3H3. The van der Waals surface area contributed by atoms with Crippen LogP contribution < -0.4 is 10.6 Å². The van der Waals surface area contributed by atoms with Gasteiger partial charge in [-0.2, -0.15) is 0 Å². The topological polar surface area (TPSA) is 69.8 Å². The van der Waals surface area contributed by atoms with Gasteiger partial charge >= 0.3 is 0 Å². The maximum absolute atomic E-state index is 11.8. The van der Waals surface area contributed by atoms with Crippen LogP contribution >= 0.6 is 0 Å². The maximum atomic E-state index is 11.8. The number of nitrogens with two attached hydrogens (primary N) is 1. The molecule has 1 amide bonds. The molecule has 0 saturated carbocycles. The van der Waals surface area contributed by atoms with E-state index in [0.29, 0.717) is 13.0 Å². The monoisotopic (exact) mass is 305 g/mol. The molecule has 0 bridgehead atoms. The van der Waals surface area contributed by atoms with Crippen LogP contribution in [-0.2, 0) is 11.3 Å². The number of carbonyl (C=O) groups is 1. The predicted molar refractivity (Wildman–Crippen MR) is 88.6 cm³/mol. The lowest BCUT2D eigenvalue weighted by Crippen LogP contribution is -2.28.